The Morgan fingerprint density at radius 3 is 2.95 bits per heavy atom. The second-order valence-electron chi connectivity index (χ2n) is 5.92. The molecule has 0 radical (unpaired) electrons. The van der Waals surface area contributed by atoms with Crippen LogP contribution in [0.15, 0.2) is 18.2 Å². The van der Waals surface area contributed by atoms with Gasteiger partial charge in [-0.15, -0.1) is 5.10 Å². The number of nitrogens with two attached hydrogens (primary N) is 1. The Kier molecular flexibility index (Phi) is 4.10. The maximum Gasteiger partial charge on any atom is 0.183 e. The van der Waals surface area contributed by atoms with Crippen molar-refractivity contribution in [2.24, 2.45) is 5.92 Å². The van der Waals surface area contributed by atoms with E-state index in [1.54, 1.807) is 6.07 Å². The summed E-state index contributed by atoms with van der Waals surface area (Å²) in [6.07, 6.45) is 5.94. The highest BCUT2D eigenvalue weighted by atomic mass is 35.5. The van der Waals surface area contributed by atoms with Crippen LogP contribution in [-0.2, 0) is 0 Å². The summed E-state index contributed by atoms with van der Waals surface area (Å²) in [6, 6.07) is 5.93. The Balaban J connectivity index is 1.95. The quantitative estimate of drug-likeness (QED) is 0.678. The largest absolute Gasteiger partial charge is 0.398 e. The van der Waals surface area contributed by atoms with Crippen LogP contribution < -0.4 is 5.73 Å². The monoisotopic (exact) mass is 305 g/mol. The van der Waals surface area contributed by atoms with E-state index in [1.165, 1.54) is 19.3 Å². The molecule has 1 aliphatic rings. The van der Waals surface area contributed by atoms with Gasteiger partial charge in [-0.25, -0.2) is 4.68 Å². The topological polar surface area (TPSA) is 69.6 Å². The van der Waals surface area contributed by atoms with E-state index in [2.05, 4.69) is 22.4 Å². The number of anilines is 1. The number of nitrogen functional groups attached to an aromatic ring is 1. The lowest BCUT2D eigenvalue weighted by molar-refractivity contribution is 0.394. The first kappa shape index (κ1) is 14.3. The van der Waals surface area contributed by atoms with Gasteiger partial charge in [-0.05, 0) is 47.7 Å². The van der Waals surface area contributed by atoms with Gasteiger partial charge in [0.05, 0.1) is 16.8 Å². The molecule has 1 saturated carbocycles. The van der Waals surface area contributed by atoms with Gasteiger partial charge in [-0.2, -0.15) is 0 Å². The predicted molar refractivity (Wildman–Crippen MR) is 84.0 cm³/mol. The van der Waals surface area contributed by atoms with Crippen LogP contribution in [0.3, 0.4) is 0 Å². The highest BCUT2D eigenvalue weighted by Gasteiger charge is 2.23. The summed E-state index contributed by atoms with van der Waals surface area (Å²) < 4.78 is 1.93. The van der Waals surface area contributed by atoms with Crippen LogP contribution in [0.25, 0.3) is 11.4 Å². The van der Waals surface area contributed by atoms with E-state index in [0.29, 0.717) is 22.6 Å². The molecule has 1 aromatic heterocycles. The summed E-state index contributed by atoms with van der Waals surface area (Å²) in [5.74, 6) is 1.50. The van der Waals surface area contributed by atoms with Crippen LogP contribution in [0.4, 0.5) is 5.69 Å². The van der Waals surface area contributed by atoms with Crippen molar-refractivity contribution in [2.75, 3.05) is 5.73 Å². The zero-order valence-electron chi connectivity index (χ0n) is 12.2. The third-order valence-electron chi connectivity index (χ3n) is 4.34. The van der Waals surface area contributed by atoms with Crippen molar-refractivity contribution >= 4 is 17.3 Å². The van der Waals surface area contributed by atoms with Crippen molar-refractivity contribution in [1.82, 2.24) is 20.2 Å². The first-order valence-electron chi connectivity index (χ1n) is 7.49. The van der Waals surface area contributed by atoms with Crippen LogP contribution in [0.5, 0.6) is 0 Å². The molecule has 0 spiro atoms. The Hall–Kier alpha value is -1.62. The SMILES string of the molecule is CC1CCCC(n2nnnc2-c2cccc(N)c2Cl)CC1. The van der Waals surface area contributed by atoms with Crippen molar-refractivity contribution in [3.8, 4) is 11.4 Å². The molecule has 1 heterocycles. The standard InChI is InChI=1S/C15H20ClN5/c1-10-4-2-5-11(9-8-10)21-15(18-19-20-21)12-6-3-7-13(17)14(12)16/h3,6-7,10-11H,2,4-5,8-9,17H2,1H3. The molecule has 3 rings (SSSR count). The third kappa shape index (κ3) is 2.88. The zero-order chi connectivity index (χ0) is 14.8. The summed E-state index contributed by atoms with van der Waals surface area (Å²) in [4.78, 5) is 0. The lowest BCUT2D eigenvalue weighted by Crippen LogP contribution is -2.12. The van der Waals surface area contributed by atoms with Gasteiger partial charge >= 0.3 is 0 Å². The van der Waals surface area contributed by atoms with E-state index in [-0.39, 0.29) is 0 Å². The predicted octanol–water partition coefficient (Wildman–Crippen LogP) is 3.72. The maximum absolute atomic E-state index is 6.32. The number of tetrazole rings is 1. The minimum Gasteiger partial charge on any atom is -0.398 e. The van der Waals surface area contributed by atoms with Crippen LogP contribution in [0.2, 0.25) is 5.02 Å². The van der Waals surface area contributed by atoms with E-state index in [1.807, 2.05) is 16.8 Å². The van der Waals surface area contributed by atoms with Crippen molar-refractivity contribution in [3.05, 3.63) is 23.2 Å². The Bertz CT molecular complexity index is 624. The second kappa shape index (κ2) is 6.02. The van der Waals surface area contributed by atoms with Crippen LogP contribution >= 0.6 is 11.6 Å². The number of hydrogen-bond donors (Lipinski definition) is 1. The fourth-order valence-corrected chi connectivity index (χ4v) is 3.26. The average molecular weight is 306 g/mol. The first-order chi connectivity index (χ1) is 10.2. The number of nitrogens with zero attached hydrogens (tertiary/aromatic N) is 4. The average Bonchev–Trinajstić information content (AvgIpc) is 2.85. The smallest absolute Gasteiger partial charge is 0.183 e. The summed E-state index contributed by atoms with van der Waals surface area (Å²) in [6.45, 7) is 2.32. The Morgan fingerprint density at radius 1 is 1.24 bits per heavy atom. The van der Waals surface area contributed by atoms with Gasteiger partial charge in [-0.1, -0.05) is 37.4 Å². The van der Waals surface area contributed by atoms with E-state index in [9.17, 15) is 0 Å². The molecule has 1 aromatic carbocycles. The lowest BCUT2D eigenvalue weighted by atomic mass is 10.0. The fraction of sp³-hybridized carbons (Fsp3) is 0.533. The molecular formula is C15H20ClN5. The summed E-state index contributed by atoms with van der Waals surface area (Å²) in [5, 5.41) is 12.8. The van der Waals surface area contributed by atoms with Crippen molar-refractivity contribution in [2.45, 2.75) is 45.1 Å². The van der Waals surface area contributed by atoms with Gasteiger partial charge in [0.25, 0.3) is 0 Å². The number of aromatic nitrogens is 4. The lowest BCUT2D eigenvalue weighted by Gasteiger charge is -2.16. The maximum atomic E-state index is 6.32. The highest BCUT2D eigenvalue weighted by molar-refractivity contribution is 6.35. The molecular weight excluding hydrogens is 286 g/mol. The zero-order valence-corrected chi connectivity index (χ0v) is 12.9. The van der Waals surface area contributed by atoms with Gasteiger partial charge in [0.2, 0.25) is 0 Å². The fourth-order valence-electron chi connectivity index (χ4n) is 3.05. The molecule has 1 aliphatic carbocycles. The second-order valence-corrected chi connectivity index (χ2v) is 6.30. The molecule has 0 saturated heterocycles. The molecule has 0 aliphatic heterocycles. The van der Waals surface area contributed by atoms with Gasteiger partial charge in [-0.3, -0.25) is 0 Å². The molecule has 0 amide bonds. The van der Waals surface area contributed by atoms with Gasteiger partial charge in [0.15, 0.2) is 5.82 Å². The summed E-state index contributed by atoms with van der Waals surface area (Å²) in [5.41, 5.74) is 7.25. The van der Waals surface area contributed by atoms with Crippen molar-refractivity contribution in [1.29, 1.82) is 0 Å². The third-order valence-corrected chi connectivity index (χ3v) is 4.76. The van der Waals surface area contributed by atoms with E-state index >= 15 is 0 Å². The van der Waals surface area contributed by atoms with Crippen molar-refractivity contribution in [3.63, 3.8) is 0 Å². The molecule has 5 nitrogen and oxygen atoms in total. The molecule has 1 fully saturated rings. The minimum absolute atomic E-state index is 0.345. The van der Waals surface area contributed by atoms with Crippen LogP contribution in [0.1, 0.15) is 45.1 Å². The Morgan fingerprint density at radius 2 is 2.10 bits per heavy atom. The van der Waals surface area contributed by atoms with Crippen molar-refractivity contribution < 1.29 is 0 Å². The molecule has 6 heteroatoms. The number of hydrogen-bond acceptors (Lipinski definition) is 4. The van der Waals surface area contributed by atoms with E-state index in [0.717, 1.165) is 24.3 Å². The van der Waals surface area contributed by atoms with Crippen LogP contribution in [0, 0.1) is 5.92 Å². The molecule has 2 atom stereocenters. The van der Waals surface area contributed by atoms with Crippen LogP contribution in [-0.4, -0.2) is 20.2 Å². The first-order valence-corrected chi connectivity index (χ1v) is 7.87. The molecule has 2 aromatic rings. The van der Waals surface area contributed by atoms with Gasteiger partial charge in [0.1, 0.15) is 0 Å². The van der Waals surface area contributed by atoms with Gasteiger partial charge in [0, 0.05) is 5.56 Å². The number of benzene rings is 1. The number of halogens is 1. The molecule has 2 N–H and O–H groups in total. The highest BCUT2D eigenvalue weighted by Crippen LogP contribution is 2.35. The summed E-state index contributed by atoms with van der Waals surface area (Å²) in [7, 11) is 0. The normalized spacial score (nSPS) is 23.0. The molecule has 112 valence electrons. The van der Waals surface area contributed by atoms with E-state index < -0.39 is 0 Å². The molecule has 2 unspecified atom stereocenters. The molecule has 0 bridgehead atoms. The van der Waals surface area contributed by atoms with Gasteiger partial charge < -0.3 is 5.73 Å². The minimum atomic E-state index is 0.345. The van der Waals surface area contributed by atoms with E-state index in [4.69, 9.17) is 17.3 Å². The Labute approximate surface area is 129 Å². The number of rotatable bonds is 2. The summed E-state index contributed by atoms with van der Waals surface area (Å²) >= 11 is 6.32. The molecule has 21 heavy (non-hydrogen) atoms.